The predicted octanol–water partition coefficient (Wildman–Crippen LogP) is 4.59. The lowest BCUT2D eigenvalue weighted by atomic mass is 9.99. The number of carbonyl (C=O) groups is 1. The molecule has 0 bridgehead atoms. The standard InChI is InChI=1S/C26H29NO6/c1-17-4-8-21(9-5-17)24-27-23(18(2)33-24)12-13-30-22-10-6-19(7-11-22)14-20-15-31-26(3,25(28)29)32-16-20/h4-11,20H,12-16H2,1-3H3,(H,28,29). The number of carboxylic acid groups (broad SMARTS) is 1. The second-order valence-electron chi connectivity index (χ2n) is 8.57. The molecular formula is C26H29NO6. The lowest BCUT2D eigenvalue weighted by Crippen LogP contribution is -2.48. The molecule has 1 N–H and O–H groups in total. The molecule has 33 heavy (non-hydrogen) atoms. The first-order valence-corrected chi connectivity index (χ1v) is 11.1. The fourth-order valence-corrected chi connectivity index (χ4v) is 3.69. The van der Waals surface area contributed by atoms with Crippen LogP contribution >= 0.6 is 0 Å². The normalized spacial score (nSPS) is 20.5. The summed E-state index contributed by atoms with van der Waals surface area (Å²) in [6, 6.07) is 16.0. The maximum absolute atomic E-state index is 11.2. The molecule has 7 heteroatoms. The molecule has 3 aromatic rings. The van der Waals surface area contributed by atoms with E-state index in [0.717, 1.165) is 34.8 Å². The molecule has 0 unspecified atom stereocenters. The summed E-state index contributed by atoms with van der Waals surface area (Å²) in [6.45, 7) is 6.60. The number of aryl methyl sites for hydroxylation is 2. The Kier molecular flexibility index (Phi) is 6.81. The summed E-state index contributed by atoms with van der Waals surface area (Å²) in [6.07, 6.45) is 1.40. The van der Waals surface area contributed by atoms with Crippen molar-refractivity contribution in [1.29, 1.82) is 0 Å². The Hall–Kier alpha value is -3.16. The highest BCUT2D eigenvalue weighted by molar-refractivity contribution is 5.75. The van der Waals surface area contributed by atoms with Gasteiger partial charge in [0.05, 0.1) is 25.5 Å². The zero-order valence-electron chi connectivity index (χ0n) is 19.2. The molecule has 1 saturated heterocycles. The number of rotatable bonds is 8. The summed E-state index contributed by atoms with van der Waals surface area (Å²) < 4.78 is 22.6. The molecule has 0 aliphatic carbocycles. The van der Waals surface area contributed by atoms with Gasteiger partial charge >= 0.3 is 5.97 Å². The minimum atomic E-state index is -1.54. The molecular weight excluding hydrogens is 422 g/mol. The second kappa shape index (κ2) is 9.77. The van der Waals surface area contributed by atoms with Crippen LogP contribution in [0.2, 0.25) is 0 Å². The largest absolute Gasteiger partial charge is 0.493 e. The van der Waals surface area contributed by atoms with Gasteiger partial charge in [-0.3, -0.25) is 0 Å². The van der Waals surface area contributed by atoms with Crippen molar-refractivity contribution in [2.75, 3.05) is 19.8 Å². The van der Waals surface area contributed by atoms with Crippen LogP contribution in [0.3, 0.4) is 0 Å². The van der Waals surface area contributed by atoms with E-state index in [1.807, 2.05) is 55.5 Å². The molecule has 174 valence electrons. The topological polar surface area (TPSA) is 91.0 Å². The third kappa shape index (κ3) is 5.61. The number of carboxylic acids is 1. The Morgan fingerprint density at radius 1 is 1.09 bits per heavy atom. The van der Waals surface area contributed by atoms with E-state index >= 15 is 0 Å². The Labute approximate surface area is 193 Å². The third-order valence-corrected chi connectivity index (χ3v) is 5.82. The van der Waals surface area contributed by atoms with Gasteiger partial charge in [0.15, 0.2) is 0 Å². The zero-order chi connectivity index (χ0) is 23.4. The minimum absolute atomic E-state index is 0.113. The first-order valence-electron chi connectivity index (χ1n) is 11.1. The van der Waals surface area contributed by atoms with E-state index in [1.165, 1.54) is 12.5 Å². The summed E-state index contributed by atoms with van der Waals surface area (Å²) in [5.74, 6) is -0.311. The van der Waals surface area contributed by atoms with E-state index in [2.05, 4.69) is 11.9 Å². The van der Waals surface area contributed by atoms with Gasteiger partial charge in [-0.05, 0) is 50.1 Å². The molecule has 0 atom stereocenters. The Morgan fingerprint density at radius 3 is 2.39 bits per heavy atom. The van der Waals surface area contributed by atoms with Crippen LogP contribution in [0, 0.1) is 19.8 Å². The summed E-state index contributed by atoms with van der Waals surface area (Å²) >= 11 is 0. The van der Waals surface area contributed by atoms with Crippen molar-refractivity contribution < 1.29 is 28.5 Å². The van der Waals surface area contributed by atoms with E-state index < -0.39 is 11.8 Å². The van der Waals surface area contributed by atoms with Crippen LogP contribution in [0.15, 0.2) is 52.9 Å². The summed E-state index contributed by atoms with van der Waals surface area (Å²) in [4.78, 5) is 15.8. The van der Waals surface area contributed by atoms with Gasteiger partial charge in [-0.1, -0.05) is 29.8 Å². The van der Waals surface area contributed by atoms with Crippen LogP contribution < -0.4 is 4.74 Å². The average Bonchev–Trinajstić information content (AvgIpc) is 3.17. The molecule has 0 spiro atoms. The summed E-state index contributed by atoms with van der Waals surface area (Å²) in [7, 11) is 0. The first kappa shape index (κ1) is 23.0. The van der Waals surface area contributed by atoms with Crippen molar-refractivity contribution in [2.24, 2.45) is 5.92 Å². The van der Waals surface area contributed by atoms with Crippen LogP contribution in [0.5, 0.6) is 5.75 Å². The molecule has 1 fully saturated rings. The SMILES string of the molecule is Cc1ccc(-c2nc(CCOc3ccc(CC4COC(C)(C(=O)O)OC4)cc3)c(C)o2)cc1. The van der Waals surface area contributed by atoms with Crippen LogP contribution in [0.4, 0.5) is 0 Å². The molecule has 4 rings (SSSR count). The minimum Gasteiger partial charge on any atom is -0.493 e. The van der Waals surface area contributed by atoms with E-state index in [4.69, 9.17) is 23.7 Å². The summed E-state index contributed by atoms with van der Waals surface area (Å²) in [5.41, 5.74) is 4.18. The monoisotopic (exact) mass is 451 g/mol. The maximum Gasteiger partial charge on any atom is 0.364 e. The van der Waals surface area contributed by atoms with Gasteiger partial charge in [0.2, 0.25) is 5.89 Å². The second-order valence-corrected chi connectivity index (χ2v) is 8.57. The third-order valence-electron chi connectivity index (χ3n) is 5.82. The smallest absolute Gasteiger partial charge is 0.364 e. The van der Waals surface area contributed by atoms with Crippen molar-refractivity contribution in [3.63, 3.8) is 0 Å². The Morgan fingerprint density at radius 2 is 1.76 bits per heavy atom. The van der Waals surface area contributed by atoms with Gasteiger partial charge < -0.3 is 23.7 Å². The van der Waals surface area contributed by atoms with E-state index in [-0.39, 0.29) is 5.92 Å². The van der Waals surface area contributed by atoms with Crippen molar-refractivity contribution in [3.05, 3.63) is 71.1 Å². The molecule has 1 aliphatic heterocycles. The van der Waals surface area contributed by atoms with Crippen molar-refractivity contribution in [2.45, 2.75) is 39.4 Å². The number of hydrogen-bond donors (Lipinski definition) is 1. The number of oxazole rings is 1. The summed E-state index contributed by atoms with van der Waals surface area (Å²) in [5, 5.41) is 9.15. The van der Waals surface area contributed by atoms with E-state index in [0.29, 0.717) is 32.1 Å². The predicted molar refractivity (Wildman–Crippen MR) is 122 cm³/mol. The van der Waals surface area contributed by atoms with Crippen molar-refractivity contribution in [3.8, 4) is 17.2 Å². The number of ether oxygens (including phenoxy) is 3. The van der Waals surface area contributed by atoms with E-state index in [9.17, 15) is 4.79 Å². The lowest BCUT2D eigenvalue weighted by Gasteiger charge is -2.34. The van der Waals surface area contributed by atoms with Crippen LogP contribution in [0.1, 0.15) is 29.5 Å². The van der Waals surface area contributed by atoms with Gasteiger partial charge in [-0.25, -0.2) is 9.78 Å². The lowest BCUT2D eigenvalue weighted by molar-refractivity contribution is -0.270. The highest BCUT2D eigenvalue weighted by Gasteiger charge is 2.40. The molecule has 2 aromatic carbocycles. The number of aromatic nitrogens is 1. The fraction of sp³-hybridized carbons (Fsp3) is 0.385. The molecule has 0 saturated carbocycles. The zero-order valence-corrected chi connectivity index (χ0v) is 19.2. The first-order chi connectivity index (χ1) is 15.8. The highest BCUT2D eigenvalue weighted by Crippen LogP contribution is 2.25. The van der Waals surface area contributed by atoms with Gasteiger partial charge in [-0.15, -0.1) is 0 Å². The number of aliphatic carboxylic acids is 1. The quantitative estimate of drug-likeness (QED) is 0.536. The van der Waals surface area contributed by atoms with Crippen LogP contribution in [-0.2, 0) is 27.1 Å². The van der Waals surface area contributed by atoms with Crippen LogP contribution in [0.25, 0.3) is 11.5 Å². The molecule has 2 heterocycles. The Balaban J connectivity index is 1.26. The molecule has 0 radical (unpaired) electrons. The van der Waals surface area contributed by atoms with Gasteiger partial charge in [0.25, 0.3) is 5.79 Å². The molecule has 0 amide bonds. The maximum atomic E-state index is 11.2. The molecule has 1 aromatic heterocycles. The Bertz CT molecular complexity index is 1080. The molecule has 1 aliphatic rings. The average molecular weight is 452 g/mol. The number of hydrogen-bond acceptors (Lipinski definition) is 6. The number of nitrogens with zero attached hydrogens (tertiary/aromatic N) is 1. The van der Waals surface area contributed by atoms with Gasteiger partial charge in [0.1, 0.15) is 11.5 Å². The highest BCUT2D eigenvalue weighted by atomic mass is 16.7. The van der Waals surface area contributed by atoms with Gasteiger partial charge in [0, 0.05) is 24.8 Å². The van der Waals surface area contributed by atoms with Gasteiger partial charge in [-0.2, -0.15) is 0 Å². The fourth-order valence-electron chi connectivity index (χ4n) is 3.69. The van der Waals surface area contributed by atoms with Crippen LogP contribution in [-0.4, -0.2) is 41.7 Å². The van der Waals surface area contributed by atoms with Crippen molar-refractivity contribution >= 4 is 5.97 Å². The number of benzene rings is 2. The van der Waals surface area contributed by atoms with Crippen molar-refractivity contribution in [1.82, 2.24) is 4.98 Å². The molecule has 7 nitrogen and oxygen atoms in total. The van der Waals surface area contributed by atoms with E-state index in [1.54, 1.807) is 0 Å².